The normalized spacial score (nSPS) is 10.9. The molecule has 1 N–H and O–H groups in total. The van der Waals surface area contributed by atoms with Crippen molar-refractivity contribution < 1.29 is 4.74 Å². The maximum Gasteiger partial charge on any atom is 0.133 e. The van der Waals surface area contributed by atoms with Crippen molar-refractivity contribution in [3.8, 4) is 5.75 Å². The molecule has 0 bridgehead atoms. The summed E-state index contributed by atoms with van der Waals surface area (Å²) < 4.78 is 7.75. The van der Waals surface area contributed by atoms with Gasteiger partial charge in [0.05, 0.1) is 11.1 Å². The molecule has 96 valence electrons. The largest absolute Gasteiger partial charge is 0.492 e. The van der Waals surface area contributed by atoms with Gasteiger partial charge in [0, 0.05) is 10.5 Å². The summed E-state index contributed by atoms with van der Waals surface area (Å²) in [5, 5.41) is 3.39. The molecule has 1 aromatic rings. The minimum atomic E-state index is 0.566. The number of unbranched alkanes of at least 4 members (excludes halogenated alkanes) is 1. The van der Waals surface area contributed by atoms with Gasteiger partial charge in [-0.1, -0.05) is 29.8 Å². The molecule has 0 saturated carbocycles. The topological polar surface area (TPSA) is 21.3 Å². The molecular weight excluding hydrogens is 346 g/mol. The van der Waals surface area contributed by atoms with Crippen LogP contribution in [0.1, 0.15) is 26.7 Å². The van der Waals surface area contributed by atoms with Gasteiger partial charge in [-0.25, -0.2) is 0 Å². The van der Waals surface area contributed by atoms with Crippen molar-refractivity contribution >= 4 is 31.9 Å². The molecule has 0 radical (unpaired) electrons. The zero-order chi connectivity index (χ0) is 12.7. The summed E-state index contributed by atoms with van der Waals surface area (Å²) >= 11 is 6.90. The third-order valence-electron chi connectivity index (χ3n) is 2.28. The molecule has 1 aromatic carbocycles. The third kappa shape index (κ3) is 6.43. The fraction of sp³-hybridized carbons (Fsp3) is 0.538. The zero-order valence-corrected chi connectivity index (χ0v) is 13.5. The molecule has 2 nitrogen and oxygen atoms in total. The van der Waals surface area contributed by atoms with E-state index in [0.29, 0.717) is 6.04 Å². The average Bonchev–Trinajstić information content (AvgIpc) is 2.25. The molecule has 0 aliphatic carbocycles. The highest BCUT2D eigenvalue weighted by Crippen LogP contribution is 2.28. The van der Waals surface area contributed by atoms with Crippen LogP contribution < -0.4 is 10.1 Å². The van der Waals surface area contributed by atoms with Crippen molar-refractivity contribution in [3.05, 3.63) is 27.1 Å². The highest BCUT2D eigenvalue weighted by molar-refractivity contribution is 9.11. The molecule has 1 rings (SSSR count). The Morgan fingerprint density at radius 1 is 1.24 bits per heavy atom. The highest BCUT2D eigenvalue weighted by atomic mass is 79.9. The summed E-state index contributed by atoms with van der Waals surface area (Å²) in [5.74, 6) is 0.907. The number of halogens is 2. The summed E-state index contributed by atoms with van der Waals surface area (Å²) in [7, 11) is 0. The van der Waals surface area contributed by atoms with Crippen LogP contribution in [0.4, 0.5) is 0 Å². The molecule has 0 spiro atoms. The first kappa shape index (κ1) is 15.0. The molecule has 4 heteroatoms. The Hall–Kier alpha value is -0.0600. The smallest absolute Gasteiger partial charge is 0.133 e. The second-order valence-electron chi connectivity index (χ2n) is 4.24. The van der Waals surface area contributed by atoms with Gasteiger partial charge in [-0.2, -0.15) is 0 Å². The molecule has 0 saturated heterocycles. The predicted molar refractivity (Wildman–Crippen MR) is 79.7 cm³/mol. The zero-order valence-electron chi connectivity index (χ0n) is 10.3. The van der Waals surface area contributed by atoms with Crippen LogP contribution in [0.15, 0.2) is 27.1 Å². The molecule has 0 heterocycles. The molecule has 0 fully saturated rings. The monoisotopic (exact) mass is 363 g/mol. The van der Waals surface area contributed by atoms with Crippen LogP contribution in [0.25, 0.3) is 0 Å². The lowest BCUT2D eigenvalue weighted by Gasteiger charge is -2.10. The summed E-state index contributed by atoms with van der Waals surface area (Å²) in [6, 6.07) is 6.52. The van der Waals surface area contributed by atoms with E-state index < -0.39 is 0 Å². The standard InChI is InChI=1S/C13H19Br2NO/c1-10(2)16-7-3-4-8-17-13-6-5-11(14)9-12(13)15/h5-6,9-10,16H,3-4,7-8H2,1-2H3. The third-order valence-corrected chi connectivity index (χ3v) is 3.39. The Morgan fingerprint density at radius 2 is 2.00 bits per heavy atom. The fourth-order valence-corrected chi connectivity index (χ4v) is 2.55. The lowest BCUT2D eigenvalue weighted by atomic mass is 10.3. The molecule has 17 heavy (non-hydrogen) atoms. The number of benzene rings is 1. The molecule has 0 aliphatic rings. The summed E-state index contributed by atoms with van der Waals surface area (Å²) in [4.78, 5) is 0. The Kier molecular flexibility index (Phi) is 7.16. The Morgan fingerprint density at radius 3 is 2.65 bits per heavy atom. The summed E-state index contributed by atoms with van der Waals surface area (Å²) in [6.07, 6.45) is 2.22. The minimum Gasteiger partial charge on any atom is -0.492 e. The van der Waals surface area contributed by atoms with Gasteiger partial charge in [0.2, 0.25) is 0 Å². The first-order valence-electron chi connectivity index (χ1n) is 5.91. The van der Waals surface area contributed by atoms with Gasteiger partial charge in [0.15, 0.2) is 0 Å². The van der Waals surface area contributed by atoms with Crippen molar-refractivity contribution in [1.29, 1.82) is 0 Å². The molecular formula is C13H19Br2NO. The Labute approximate surface area is 120 Å². The molecule has 0 unspecified atom stereocenters. The van der Waals surface area contributed by atoms with Crippen molar-refractivity contribution in [2.24, 2.45) is 0 Å². The van der Waals surface area contributed by atoms with Crippen LogP contribution >= 0.6 is 31.9 Å². The second kappa shape index (κ2) is 8.11. The Balaban J connectivity index is 2.18. The van der Waals surface area contributed by atoms with Crippen LogP contribution in [-0.2, 0) is 0 Å². The van der Waals surface area contributed by atoms with Gasteiger partial charge in [0.1, 0.15) is 5.75 Å². The van der Waals surface area contributed by atoms with E-state index in [-0.39, 0.29) is 0 Å². The van der Waals surface area contributed by atoms with Crippen molar-refractivity contribution in [2.75, 3.05) is 13.2 Å². The molecule has 0 amide bonds. The summed E-state index contributed by atoms with van der Waals surface area (Å²) in [6.45, 7) is 6.15. The molecule has 0 aliphatic heterocycles. The van der Waals surface area contributed by atoms with Crippen LogP contribution in [0.5, 0.6) is 5.75 Å². The van der Waals surface area contributed by atoms with Gasteiger partial charge >= 0.3 is 0 Å². The molecule has 0 atom stereocenters. The maximum atomic E-state index is 5.70. The van der Waals surface area contributed by atoms with E-state index in [4.69, 9.17) is 4.74 Å². The van der Waals surface area contributed by atoms with Crippen LogP contribution in [0, 0.1) is 0 Å². The lowest BCUT2D eigenvalue weighted by Crippen LogP contribution is -2.23. The van der Waals surface area contributed by atoms with Gasteiger partial charge < -0.3 is 10.1 Å². The summed E-state index contributed by atoms with van der Waals surface area (Å²) in [5.41, 5.74) is 0. The van der Waals surface area contributed by atoms with Gasteiger partial charge in [-0.05, 0) is 53.5 Å². The highest BCUT2D eigenvalue weighted by Gasteiger charge is 2.01. The van der Waals surface area contributed by atoms with Crippen molar-refractivity contribution in [1.82, 2.24) is 5.32 Å². The second-order valence-corrected chi connectivity index (χ2v) is 6.01. The maximum absolute atomic E-state index is 5.70. The van der Waals surface area contributed by atoms with Gasteiger partial charge in [-0.3, -0.25) is 0 Å². The number of hydrogen-bond donors (Lipinski definition) is 1. The van der Waals surface area contributed by atoms with Gasteiger partial charge in [0.25, 0.3) is 0 Å². The predicted octanol–water partition coefficient (Wildman–Crippen LogP) is 4.37. The lowest BCUT2D eigenvalue weighted by molar-refractivity contribution is 0.303. The average molecular weight is 365 g/mol. The van der Waals surface area contributed by atoms with Crippen LogP contribution in [0.3, 0.4) is 0 Å². The van der Waals surface area contributed by atoms with E-state index in [1.54, 1.807) is 0 Å². The van der Waals surface area contributed by atoms with Crippen molar-refractivity contribution in [2.45, 2.75) is 32.7 Å². The Bertz CT molecular complexity index is 342. The number of nitrogens with one attached hydrogen (secondary N) is 1. The quantitative estimate of drug-likeness (QED) is 0.725. The number of hydrogen-bond acceptors (Lipinski definition) is 2. The van der Waals surface area contributed by atoms with Gasteiger partial charge in [-0.15, -0.1) is 0 Å². The minimum absolute atomic E-state index is 0.566. The van der Waals surface area contributed by atoms with E-state index >= 15 is 0 Å². The number of ether oxygens (including phenoxy) is 1. The van der Waals surface area contributed by atoms with Crippen LogP contribution in [0.2, 0.25) is 0 Å². The van der Waals surface area contributed by atoms with Crippen molar-refractivity contribution in [3.63, 3.8) is 0 Å². The SMILES string of the molecule is CC(C)NCCCCOc1ccc(Br)cc1Br. The first-order chi connectivity index (χ1) is 8.09. The van der Waals surface area contributed by atoms with Crippen LogP contribution in [-0.4, -0.2) is 19.2 Å². The van der Waals surface area contributed by atoms with E-state index in [1.807, 2.05) is 18.2 Å². The van der Waals surface area contributed by atoms with E-state index in [2.05, 4.69) is 51.0 Å². The van der Waals surface area contributed by atoms with E-state index in [9.17, 15) is 0 Å². The first-order valence-corrected chi connectivity index (χ1v) is 7.49. The molecule has 0 aromatic heterocycles. The number of rotatable bonds is 7. The fourth-order valence-electron chi connectivity index (χ4n) is 1.39. The van der Waals surface area contributed by atoms with E-state index in [0.717, 1.165) is 40.7 Å². The van der Waals surface area contributed by atoms with E-state index in [1.165, 1.54) is 0 Å².